The van der Waals surface area contributed by atoms with Gasteiger partial charge in [-0.05, 0) is 18.1 Å². The van der Waals surface area contributed by atoms with Crippen molar-refractivity contribution in [2.45, 2.75) is 12.8 Å². The van der Waals surface area contributed by atoms with Gasteiger partial charge >= 0.3 is 5.97 Å². The molecule has 0 atom stereocenters. The third kappa shape index (κ3) is 3.37. The van der Waals surface area contributed by atoms with E-state index in [0.29, 0.717) is 28.8 Å². The molecule has 26 heavy (non-hydrogen) atoms. The SMILES string of the molecule is COC(=O)c1c(NC(=O)CCc2ccccc2)c2cc(N)cnc2n1C. The maximum Gasteiger partial charge on any atom is 0.356 e. The summed E-state index contributed by atoms with van der Waals surface area (Å²) in [6, 6.07) is 11.4. The van der Waals surface area contributed by atoms with Crippen molar-refractivity contribution in [2.24, 2.45) is 7.05 Å². The van der Waals surface area contributed by atoms with Crippen LogP contribution in [0.25, 0.3) is 11.0 Å². The highest BCUT2D eigenvalue weighted by atomic mass is 16.5. The second-order valence-electron chi connectivity index (χ2n) is 5.95. The lowest BCUT2D eigenvalue weighted by molar-refractivity contribution is -0.116. The number of methoxy groups -OCH3 is 1. The van der Waals surface area contributed by atoms with Crippen molar-refractivity contribution in [3.05, 3.63) is 53.9 Å². The lowest BCUT2D eigenvalue weighted by Crippen LogP contribution is -2.16. The van der Waals surface area contributed by atoms with Gasteiger partial charge in [0.15, 0.2) is 5.69 Å². The van der Waals surface area contributed by atoms with Crippen molar-refractivity contribution in [3.8, 4) is 0 Å². The first-order valence-electron chi connectivity index (χ1n) is 8.17. The number of nitrogens with one attached hydrogen (secondary N) is 1. The first-order valence-corrected chi connectivity index (χ1v) is 8.17. The van der Waals surface area contributed by atoms with Gasteiger partial charge in [0.05, 0.1) is 24.7 Å². The lowest BCUT2D eigenvalue weighted by atomic mass is 10.1. The number of nitrogens with zero attached hydrogens (tertiary/aromatic N) is 2. The molecule has 0 aliphatic rings. The van der Waals surface area contributed by atoms with E-state index in [9.17, 15) is 9.59 Å². The molecule has 0 aliphatic heterocycles. The van der Waals surface area contributed by atoms with E-state index < -0.39 is 5.97 Å². The number of carbonyl (C=O) groups is 2. The Morgan fingerprint density at radius 2 is 2.00 bits per heavy atom. The van der Waals surface area contributed by atoms with Crippen LogP contribution in [0.1, 0.15) is 22.5 Å². The Hall–Kier alpha value is -3.35. The number of aryl methyl sites for hydroxylation is 2. The highest BCUT2D eigenvalue weighted by Crippen LogP contribution is 2.31. The number of nitrogens with two attached hydrogens (primary N) is 1. The molecular formula is C19H20N4O3. The first kappa shape index (κ1) is 17.5. The van der Waals surface area contributed by atoms with Crippen LogP contribution >= 0.6 is 0 Å². The van der Waals surface area contributed by atoms with Crippen LogP contribution < -0.4 is 11.1 Å². The topological polar surface area (TPSA) is 99.2 Å². The van der Waals surface area contributed by atoms with E-state index in [1.54, 1.807) is 17.7 Å². The van der Waals surface area contributed by atoms with Crippen molar-refractivity contribution in [1.82, 2.24) is 9.55 Å². The van der Waals surface area contributed by atoms with Crippen LogP contribution in [0, 0.1) is 0 Å². The molecule has 0 fully saturated rings. The highest BCUT2D eigenvalue weighted by molar-refractivity contribution is 6.11. The predicted molar refractivity (Wildman–Crippen MR) is 99.9 cm³/mol. The van der Waals surface area contributed by atoms with Gasteiger partial charge in [0, 0.05) is 18.9 Å². The fourth-order valence-corrected chi connectivity index (χ4v) is 2.89. The zero-order valence-electron chi connectivity index (χ0n) is 14.7. The summed E-state index contributed by atoms with van der Waals surface area (Å²) in [6.07, 6.45) is 2.40. The number of ether oxygens (including phenoxy) is 1. The zero-order chi connectivity index (χ0) is 18.7. The first-order chi connectivity index (χ1) is 12.5. The van der Waals surface area contributed by atoms with Crippen molar-refractivity contribution in [2.75, 3.05) is 18.2 Å². The molecule has 134 valence electrons. The summed E-state index contributed by atoms with van der Waals surface area (Å²) in [5.74, 6) is -0.753. The van der Waals surface area contributed by atoms with Gasteiger partial charge in [0.1, 0.15) is 5.65 Å². The van der Waals surface area contributed by atoms with E-state index in [1.165, 1.54) is 13.3 Å². The summed E-state index contributed by atoms with van der Waals surface area (Å²) in [4.78, 5) is 28.9. The summed E-state index contributed by atoms with van der Waals surface area (Å²) >= 11 is 0. The van der Waals surface area contributed by atoms with E-state index in [0.717, 1.165) is 5.56 Å². The summed E-state index contributed by atoms with van der Waals surface area (Å²) in [5.41, 5.74) is 8.48. The van der Waals surface area contributed by atoms with Gasteiger partial charge in [0.2, 0.25) is 5.91 Å². The second-order valence-corrected chi connectivity index (χ2v) is 5.95. The van der Waals surface area contributed by atoms with Crippen LogP contribution in [0.15, 0.2) is 42.6 Å². The fourth-order valence-electron chi connectivity index (χ4n) is 2.89. The molecule has 0 radical (unpaired) electrons. The molecule has 0 unspecified atom stereocenters. The van der Waals surface area contributed by atoms with Crippen molar-refractivity contribution in [3.63, 3.8) is 0 Å². The Balaban J connectivity index is 1.91. The molecule has 3 rings (SSSR count). The second kappa shape index (κ2) is 7.26. The Morgan fingerprint density at radius 1 is 1.27 bits per heavy atom. The van der Waals surface area contributed by atoms with Gasteiger partial charge < -0.3 is 20.4 Å². The summed E-state index contributed by atoms with van der Waals surface area (Å²) < 4.78 is 6.45. The minimum atomic E-state index is -0.553. The Kier molecular flexibility index (Phi) is 4.88. The van der Waals surface area contributed by atoms with Gasteiger partial charge in [-0.2, -0.15) is 0 Å². The smallest absolute Gasteiger partial charge is 0.356 e. The van der Waals surface area contributed by atoms with Crippen LogP contribution in [0.3, 0.4) is 0 Å². The minimum absolute atomic E-state index is 0.200. The minimum Gasteiger partial charge on any atom is -0.464 e. The molecule has 0 saturated heterocycles. The molecule has 0 spiro atoms. The van der Waals surface area contributed by atoms with E-state index in [2.05, 4.69) is 10.3 Å². The van der Waals surface area contributed by atoms with E-state index in [1.807, 2.05) is 30.3 Å². The number of rotatable bonds is 5. The average Bonchev–Trinajstić information content (AvgIpc) is 2.91. The Labute approximate surface area is 150 Å². The molecule has 3 N–H and O–H groups in total. The third-order valence-corrected chi connectivity index (χ3v) is 4.17. The summed E-state index contributed by atoms with van der Waals surface area (Å²) in [5, 5.41) is 3.43. The number of hydrogen-bond donors (Lipinski definition) is 2. The van der Waals surface area contributed by atoms with Crippen LogP contribution in [0.4, 0.5) is 11.4 Å². The largest absolute Gasteiger partial charge is 0.464 e. The van der Waals surface area contributed by atoms with E-state index in [-0.39, 0.29) is 18.0 Å². The van der Waals surface area contributed by atoms with Crippen molar-refractivity contribution < 1.29 is 14.3 Å². The number of hydrogen-bond acceptors (Lipinski definition) is 5. The normalized spacial score (nSPS) is 10.7. The van der Waals surface area contributed by atoms with E-state index >= 15 is 0 Å². The van der Waals surface area contributed by atoms with Crippen LogP contribution in [-0.4, -0.2) is 28.5 Å². The monoisotopic (exact) mass is 352 g/mol. The average molecular weight is 352 g/mol. The number of carbonyl (C=O) groups excluding carboxylic acids is 2. The Morgan fingerprint density at radius 3 is 2.69 bits per heavy atom. The number of esters is 1. The number of nitrogen functional groups attached to an aromatic ring is 1. The third-order valence-electron chi connectivity index (χ3n) is 4.17. The molecule has 7 nitrogen and oxygen atoms in total. The maximum atomic E-state index is 12.5. The van der Waals surface area contributed by atoms with Crippen molar-refractivity contribution in [1.29, 1.82) is 0 Å². The quantitative estimate of drug-likeness (QED) is 0.687. The molecular weight excluding hydrogens is 332 g/mol. The van der Waals surface area contributed by atoms with E-state index in [4.69, 9.17) is 10.5 Å². The lowest BCUT2D eigenvalue weighted by Gasteiger charge is -2.08. The number of amides is 1. The standard InChI is InChI=1S/C19H20N4O3/c1-23-17(19(25)26-2)16(14-10-13(20)11-21-18(14)23)22-15(24)9-8-12-6-4-3-5-7-12/h3-7,10-11H,8-9,20H2,1-2H3,(H,22,24). The fraction of sp³-hybridized carbons (Fsp3) is 0.211. The molecule has 3 aromatic rings. The van der Waals surface area contributed by atoms with Crippen LogP contribution in [-0.2, 0) is 23.0 Å². The van der Waals surface area contributed by atoms with Gasteiger partial charge in [-0.3, -0.25) is 4.79 Å². The van der Waals surface area contributed by atoms with Gasteiger partial charge in [0.25, 0.3) is 0 Å². The number of pyridine rings is 1. The molecule has 0 bridgehead atoms. The van der Waals surface area contributed by atoms with Gasteiger partial charge in [-0.25, -0.2) is 9.78 Å². The van der Waals surface area contributed by atoms with Crippen molar-refractivity contribution >= 4 is 34.3 Å². The molecule has 1 amide bonds. The molecule has 7 heteroatoms. The summed E-state index contributed by atoms with van der Waals surface area (Å²) in [6.45, 7) is 0. The molecule has 1 aromatic carbocycles. The summed E-state index contributed by atoms with van der Waals surface area (Å²) in [7, 11) is 2.99. The number of benzene rings is 1. The number of fused-ring (bicyclic) bond motifs is 1. The highest BCUT2D eigenvalue weighted by Gasteiger charge is 2.24. The van der Waals surface area contributed by atoms with Gasteiger partial charge in [-0.1, -0.05) is 30.3 Å². The Bertz CT molecular complexity index is 964. The molecule has 2 aromatic heterocycles. The zero-order valence-corrected chi connectivity index (χ0v) is 14.7. The van der Waals surface area contributed by atoms with Gasteiger partial charge in [-0.15, -0.1) is 0 Å². The number of anilines is 2. The van der Waals surface area contributed by atoms with Crippen LogP contribution in [0.5, 0.6) is 0 Å². The maximum absolute atomic E-state index is 12.5. The molecule has 0 saturated carbocycles. The molecule has 0 aliphatic carbocycles. The number of aromatic nitrogens is 2. The predicted octanol–water partition coefficient (Wildman–Crippen LogP) is 2.51. The molecule has 2 heterocycles. The van der Waals surface area contributed by atoms with Crippen LogP contribution in [0.2, 0.25) is 0 Å².